The predicted octanol–water partition coefficient (Wildman–Crippen LogP) is 3.51. The summed E-state index contributed by atoms with van der Waals surface area (Å²) >= 11 is 1.47. The van der Waals surface area contributed by atoms with Crippen molar-refractivity contribution in [2.45, 2.75) is 18.4 Å². The van der Waals surface area contributed by atoms with Crippen molar-refractivity contribution < 1.29 is 27.4 Å². The number of benzene rings is 2. The fourth-order valence-corrected chi connectivity index (χ4v) is 5.76. The zero-order valence-electron chi connectivity index (χ0n) is 18.3. The maximum atomic E-state index is 13.1. The highest BCUT2D eigenvalue weighted by atomic mass is 32.2. The van der Waals surface area contributed by atoms with Gasteiger partial charge >= 0.3 is 5.97 Å². The molecule has 0 saturated carbocycles. The Kier molecular flexibility index (Phi) is 7.08. The molecule has 1 aromatic heterocycles. The van der Waals surface area contributed by atoms with Gasteiger partial charge in [-0.05, 0) is 25.1 Å². The van der Waals surface area contributed by atoms with Crippen molar-refractivity contribution >= 4 is 27.3 Å². The van der Waals surface area contributed by atoms with Crippen LogP contribution in [0.2, 0.25) is 0 Å². The first kappa shape index (κ1) is 23.4. The molecule has 0 bridgehead atoms. The number of thiazole rings is 1. The number of aromatic nitrogens is 1. The van der Waals surface area contributed by atoms with Crippen LogP contribution in [-0.4, -0.2) is 57.1 Å². The van der Waals surface area contributed by atoms with E-state index in [-0.39, 0.29) is 35.9 Å². The summed E-state index contributed by atoms with van der Waals surface area (Å²) < 4.78 is 43.4. The Balaban J connectivity index is 1.48. The van der Waals surface area contributed by atoms with E-state index in [1.54, 1.807) is 0 Å². The zero-order chi connectivity index (χ0) is 23.4. The van der Waals surface area contributed by atoms with Gasteiger partial charge in [0, 0.05) is 24.0 Å². The average molecular weight is 489 g/mol. The molecule has 174 valence electrons. The summed E-state index contributed by atoms with van der Waals surface area (Å²) in [6.07, 6.45) is 0. The third kappa shape index (κ3) is 5.25. The number of morpholine rings is 1. The van der Waals surface area contributed by atoms with Crippen molar-refractivity contribution in [2.24, 2.45) is 0 Å². The van der Waals surface area contributed by atoms with Gasteiger partial charge in [-0.3, -0.25) is 0 Å². The highest BCUT2D eigenvalue weighted by molar-refractivity contribution is 7.89. The molecule has 0 spiro atoms. The smallest absolute Gasteiger partial charge is 0.338 e. The van der Waals surface area contributed by atoms with E-state index in [0.29, 0.717) is 18.9 Å². The first-order valence-electron chi connectivity index (χ1n) is 10.3. The van der Waals surface area contributed by atoms with Crippen LogP contribution >= 0.6 is 11.3 Å². The van der Waals surface area contributed by atoms with Crippen molar-refractivity contribution in [1.29, 1.82) is 0 Å². The van der Waals surface area contributed by atoms with E-state index in [4.69, 9.17) is 14.2 Å². The summed E-state index contributed by atoms with van der Waals surface area (Å²) in [6, 6.07) is 12.3. The average Bonchev–Trinajstić information content (AvgIpc) is 3.32. The molecular formula is C23H24N2O6S2. The summed E-state index contributed by atoms with van der Waals surface area (Å²) in [6.45, 7) is 3.13. The molecule has 0 aliphatic carbocycles. The highest BCUT2D eigenvalue weighted by Gasteiger charge is 2.30. The van der Waals surface area contributed by atoms with Crippen LogP contribution in [0.25, 0.3) is 10.6 Å². The summed E-state index contributed by atoms with van der Waals surface area (Å²) in [5.41, 5.74) is 2.91. The number of nitrogens with zero attached hydrogens (tertiary/aromatic N) is 2. The minimum absolute atomic E-state index is 0.0151. The lowest BCUT2D eigenvalue weighted by Crippen LogP contribution is -2.40. The maximum Gasteiger partial charge on any atom is 0.338 e. The third-order valence-electron chi connectivity index (χ3n) is 5.19. The van der Waals surface area contributed by atoms with Crippen LogP contribution in [0.1, 0.15) is 21.6 Å². The van der Waals surface area contributed by atoms with Gasteiger partial charge in [-0.2, -0.15) is 4.31 Å². The van der Waals surface area contributed by atoms with Gasteiger partial charge < -0.3 is 14.2 Å². The lowest BCUT2D eigenvalue weighted by Gasteiger charge is -2.26. The van der Waals surface area contributed by atoms with Crippen LogP contribution in [0.5, 0.6) is 5.75 Å². The number of sulfonamides is 1. The van der Waals surface area contributed by atoms with Gasteiger partial charge in [-0.15, -0.1) is 11.3 Å². The molecule has 3 aromatic rings. The van der Waals surface area contributed by atoms with E-state index in [1.165, 1.54) is 46.5 Å². The first-order chi connectivity index (χ1) is 15.9. The molecule has 1 saturated heterocycles. The number of hydrogen-bond acceptors (Lipinski definition) is 8. The fraction of sp³-hybridized carbons (Fsp3) is 0.304. The zero-order valence-corrected chi connectivity index (χ0v) is 19.9. The Hall–Kier alpha value is -2.79. The van der Waals surface area contributed by atoms with Crippen molar-refractivity contribution in [3.63, 3.8) is 0 Å². The number of methoxy groups -OCH3 is 1. The molecule has 0 N–H and O–H groups in total. The first-order valence-corrected chi connectivity index (χ1v) is 12.6. The van der Waals surface area contributed by atoms with E-state index >= 15 is 0 Å². The quantitative estimate of drug-likeness (QED) is 0.470. The number of carbonyl (C=O) groups is 1. The van der Waals surface area contributed by atoms with Crippen LogP contribution in [0.3, 0.4) is 0 Å². The standard InChI is InChI=1S/C23H24N2O6S2/c1-16-3-5-17(6-4-16)22-24-19(15-32-22)14-31-23(26)18-7-8-20(29-2)21(13-18)33(27,28)25-9-11-30-12-10-25/h3-8,13,15H,9-12,14H2,1-2H3. The molecule has 1 aliphatic rings. The van der Waals surface area contributed by atoms with Crippen molar-refractivity contribution in [2.75, 3.05) is 33.4 Å². The van der Waals surface area contributed by atoms with Crippen LogP contribution in [0, 0.1) is 6.92 Å². The molecule has 0 unspecified atom stereocenters. The third-order valence-corrected chi connectivity index (χ3v) is 8.05. The summed E-state index contributed by atoms with van der Waals surface area (Å²) in [5, 5.41) is 2.68. The SMILES string of the molecule is COc1ccc(C(=O)OCc2csc(-c3ccc(C)cc3)n2)cc1S(=O)(=O)N1CCOCC1. The number of ether oxygens (including phenoxy) is 3. The largest absolute Gasteiger partial charge is 0.495 e. The van der Waals surface area contributed by atoms with E-state index in [1.807, 2.05) is 36.6 Å². The minimum atomic E-state index is -3.85. The van der Waals surface area contributed by atoms with E-state index in [0.717, 1.165) is 10.6 Å². The summed E-state index contributed by atoms with van der Waals surface area (Å²) in [5.74, 6) is -0.471. The highest BCUT2D eigenvalue weighted by Crippen LogP contribution is 2.29. The molecule has 2 aromatic carbocycles. The number of aryl methyl sites for hydroxylation is 1. The molecule has 8 nitrogen and oxygen atoms in total. The van der Waals surface area contributed by atoms with Crippen LogP contribution in [0.4, 0.5) is 0 Å². The molecule has 0 amide bonds. The van der Waals surface area contributed by atoms with Crippen molar-refractivity contribution in [3.8, 4) is 16.3 Å². The number of esters is 1. The summed E-state index contributed by atoms with van der Waals surface area (Å²) in [7, 11) is -2.46. The van der Waals surface area contributed by atoms with Crippen LogP contribution < -0.4 is 4.74 Å². The molecule has 0 radical (unpaired) electrons. The molecule has 4 rings (SSSR count). The van der Waals surface area contributed by atoms with Crippen molar-refractivity contribution in [1.82, 2.24) is 9.29 Å². The summed E-state index contributed by atoms with van der Waals surface area (Å²) in [4.78, 5) is 17.1. The van der Waals surface area contributed by atoms with E-state index in [9.17, 15) is 13.2 Å². The van der Waals surface area contributed by atoms with Gasteiger partial charge in [0.2, 0.25) is 10.0 Å². The minimum Gasteiger partial charge on any atom is -0.495 e. The number of carbonyl (C=O) groups excluding carboxylic acids is 1. The molecular weight excluding hydrogens is 464 g/mol. The number of hydrogen-bond donors (Lipinski definition) is 0. The maximum absolute atomic E-state index is 13.1. The second-order valence-electron chi connectivity index (χ2n) is 7.47. The Labute approximate surface area is 196 Å². The van der Waals surface area contributed by atoms with Gasteiger partial charge in [-0.1, -0.05) is 29.8 Å². The van der Waals surface area contributed by atoms with Crippen molar-refractivity contribution in [3.05, 3.63) is 64.7 Å². The molecule has 33 heavy (non-hydrogen) atoms. The topological polar surface area (TPSA) is 95.0 Å². The lowest BCUT2D eigenvalue weighted by atomic mass is 10.2. The Morgan fingerprint density at radius 3 is 2.58 bits per heavy atom. The normalized spacial score (nSPS) is 14.7. The molecule has 1 aliphatic heterocycles. The fourth-order valence-electron chi connectivity index (χ4n) is 3.36. The van der Waals surface area contributed by atoms with Crippen LogP contribution in [-0.2, 0) is 26.1 Å². The van der Waals surface area contributed by atoms with Crippen LogP contribution in [0.15, 0.2) is 52.7 Å². The molecule has 2 heterocycles. The van der Waals surface area contributed by atoms with Gasteiger partial charge in [0.1, 0.15) is 22.3 Å². The number of rotatable bonds is 7. The predicted molar refractivity (Wildman–Crippen MR) is 124 cm³/mol. The van der Waals surface area contributed by atoms with Gasteiger partial charge in [0.15, 0.2) is 0 Å². The molecule has 0 atom stereocenters. The second kappa shape index (κ2) is 10.0. The van der Waals surface area contributed by atoms with Gasteiger partial charge in [-0.25, -0.2) is 18.2 Å². The Bertz CT molecular complexity index is 1230. The Morgan fingerprint density at radius 2 is 1.88 bits per heavy atom. The van der Waals surface area contributed by atoms with Gasteiger partial charge in [0.05, 0.1) is 31.6 Å². The molecule has 10 heteroatoms. The Morgan fingerprint density at radius 1 is 1.15 bits per heavy atom. The molecule has 1 fully saturated rings. The van der Waals surface area contributed by atoms with Gasteiger partial charge in [0.25, 0.3) is 0 Å². The monoisotopic (exact) mass is 488 g/mol. The van der Waals surface area contributed by atoms with E-state index in [2.05, 4.69) is 4.98 Å². The second-order valence-corrected chi connectivity index (χ2v) is 10.2. The van der Waals surface area contributed by atoms with E-state index < -0.39 is 16.0 Å². The lowest BCUT2D eigenvalue weighted by molar-refractivity contribution is 0.0468.